The van der Waals surface area contributed by atoms with Gasteiger partial charge in [-0.3, -0.25) is 4.79 Å². The SMILES string of the molecule is COC[C@H](C)N1C(=S)N[C@H](c2ccccc2F)[C@H](C(=O)Nc2cc(C)on2)[C@@]1(C)O. The smallest absolute Gasteiger partial charge is 0.236 e. The largest absolute Gasteiger partial charge is 0.383 e. The van der Waals surface area contributed by atoms with Crippen LogP contribution in [0.1, 0.15) is 31.2 Å². The summed E-state index contributed by atoms with van der Waals surface area (Å²) in [4.78, 5) is 14.8. The van der Waals surface area contributed by atoms with E-state index in [2.05, 4.69) is 15.8 Å². The molecule has 4 atom stereocenters. The van der Waals surface area contributed by atoms with Crippen LogP contribution in [-0.2, 0) is 9.53 Å². The van der Waals surface area contributed by atoms with Crippen LogP contribution in [0.4, 0.5) is 10.2 Å². The number of rotatable bonds is 6. The molecule has 2 aromatic rings. The van der Waals surface area contributed by atoms with Crippen LogP contribution in [0.25, 0.3) is 0 Å². The lowest BCUT2D eigenvalue weighted by atomic mass is 9.81. The normalized spacial score (nSPS) is 25.0. The number of thiocarbonyl (C=S) groups is 1. The number of halogens is 1. The zero-order valence-electron chi connectivity index (χ0n) is 17.2. The molecular weight excluding hydrogens is 411 g/mol. The molecule has 8 nitrogen and oxygen atoms in total. The highest BCUT2D eigenvalue weighted by molar-refractivity contribution is 7.80. The van der Waals surface area contributed by atoms with Gasteiger partial charge in [-0.05, 0) is 39.1 Å². The number of nitrogens with one attached hydrogen (secondary N) is 2. The first-order valence-corrected chi connectivity index (χ1v) is 9.87. The second kappa shape index (κ2) is 8.66. The highest BCUT2D eigenvalue weighted by atomic mass is 32.1. The molecule has 0 aliphatic carbocycles. The number of carbonyl (C=O) groups is 1. The first kappa shape index (κ1) is 22.1. The Labute approximate surface area is 179 Å². The van der Waals surface area contributed by atoms with Crippen molar-refractivity contribution in [3.8, 4) is 0 Å². The Hall–Kier alpha value is -2.56. The van der Waals surface area contributed by atoms with Gasteiger partial charge in [0.25, 0.3) is 0 Å². The van der Waals surface area contributed by atoms with E-state index in [-0.39, 0.29) is 29.1 Å². The van der Waals surface area contributed by atoms with Gasteiger partial charge in [0.05, 0.1) is 18.7 Å². The van der Waals surface area contributed by atoms with Crippen molar-refractivity contribution >= 4 is 29.1 Å². The summed E-state index contributed by atoms with van der Waals surface area (Å²) in [5, 5.41) is 21.2. The Morgan fingerprint density at radius 1 is 1.53 bits per heavy atom. The minimum atomic E-state index is -1.75. The van der Waals surface area contributed by atoms with Gasteiger partial charge < -0.3 is 29.9 Å². The van der Waals surface area contributed by atoms with Gasteiger partial charge in [0.2, 0.25) is 5.91 Å². The number of anilines is 1. The number of ether oxygens (including phenoxy) is 1. The standard InChI is InChI=1S/C20H25FN4O4S/c1-11(10-28-4)25-19(30)23-17(13-7-5-6-8-14(13)21)16(20(25,3)27)18(26)22-15-9-12(2)29-24-15/h5-9,11,16-17,27H,10H2,1-4H3,(H,23,30)(H,22,24,26)/t11-,16+,17+,20+/m0/s1. The molecule has 0 bridgehead atoms. The summed E-state index contributed by atoms with van der Waals surface area (Å²) < 4.78 is 24.8. The van der Waals surface area contributed by atoms with Crippen molar-refractivity contribution in [1.82, 2.24) is 15.4 Å². The summed E-state index contributed by atoms with van der Waals surface area (Å²) in [7, 11) is 1.53. The summed E-state index contributed by atoms with van der Waals surface area (Å²) >= 11 is 5.48. The van der Waals surface area contributed by atoms with Crippen molar-refractivity contribution in [3.63, 3.8) is 0 Å². The van der Waals surface area contributed by atoms with Gasteiger partial charge in [0, 0.05) is 18.7 Å². The summed E-state index contributed by atoms with van der Waals surface area (Å²) in [5.41, 5.74) is -1.54. The number of benzene rings is 1. The molecule has 1 aromatic heterocycles. The molecule has 162 valence electrons. The minimum Gasteiger partial charge on any atom is -0.383 e. The lowest BCUT2D eigenvalue weighted by molar-refractivity contribution is -0.160. The summed E-state index contributed by atoms with van der Waals surface area (Å²) in [6.45, 7) is 5.25. The van der Waals surface area contributed by atoms with Crippen LogP contribution in [0.3, 0.4) is 0 Å². The van der Waals surface area contributed by atoms with E-state index in [9.17, 15) is 14.3 Å². The van der Waals surface area contributed by atoms with E-state index in [0.29, 0.717) is 5.76 Å². The fourth-order valence-corrected chi connectivity index (χ4v) is 4.42. The van der Waals surface area contributed by atoms with Crippen LogP contribution < -0.4 is 10.6 Å². The molecule has 0 saturated carbocycles. The molecule has 1 aliphatic heterocycles. The third kappa shape index (κ3) is 4.16. The average Bonchev–Trinajstić information content (AvgIpc) is 3.05. The number of methoxy groups -OCH3 is 1. The Morgan fingerprint density at radius 3 is 2.83 bits per heavy atom. The molecule has 0 spiro atoms. The van der Waals surface area contributed by atoms with Gasteiger partial charge in [-0.2, -0.15) is 0 Å². The Kier molecular flexibility index (Phi) is 6.39. The number of aryl methyl sites for hydroxylation is 1. The van der Waals surface area contributed by atoms with Crippen LogP contribution in [0.5, 0.6) is 0 Å². The van der Waals surface area contributed by atoms with Crippen molar-refractivity contribution in [2.24, 2.45) is 5.92 Å². The lowest BCUT2D eigenvalue weighted by Crippen LogP contribution is -2.70. The number of carbonyl (C=O) groups excluding carboxylic acids is 1. The fourth-order valence-electron chi connectivity index (χ4n) is 3.93. The van der Waals surface area contributed by atoms with Crippen molar-refractivity contribution in [1.29, 1.82) is 0 Å². The third-order valence-corrected chi connectivity index (χ3v) is 5.47. The lowest BCUT2D eigenvalue weighted by Gasteiger charge is -2.52. The molecule has 30 heavy (non-hydrogen) atoms. The van der Waals surface area contributed by atoms with Crippen molar-refractivity contribution in [2.45, 2.75) is 38.6 Å². The number of amides is 1. The predicted octanol–water partition coefficient (Wildman–Crippen LogP) is 2.35. The molecular formula is C20H25FN4O4S. The summed E-state index contributed by atoms with van der Waals surface area (Å²) in [6.07, 6.45) is 0. The zero-order valence-corrected chi connectivity index (χ0v) is 18.0. The molecule has 3 rings (SSSR count). The zero-order chi connectivity index (χ0) is 22.1. The van der Waals surface area contributed by atoms with Crippen molar-refractivity contribution < 1.29 is 23.6 Å². The van der Waals surface area contributed by atoms with E-state index in [0.717, 1.165) is 0 Å². The third-order valence-electron chi connectivity index (χ3n) is 5.16. The Balaban J connectivity index is 2.04. The molecule has 0 unspecified atom stereocenters. The number of hydrogen-bond acceptors (Lipinski definition) is 6. The average molecular weight is 437 g/mol. The minimum absolute atomic E-state index is 0.194. The van der Waals surface area contributed by atoms with Crippen molar-refractivity contribution in [2.75, 3.05) is 19.0 Å². The van der Waals surface area contributed by atoms with Gasteiger partial charge in [0.15, 0.2) is 16.7 Å². The molecule has 0 radical (unpaired) electrons. The van der Waals surface area contributed by atoms with Gasteiger partial charge in [-0.15, -0.1) is 0 Å². The van der Waals surface area contributed by atoms with Crippen LogP contribution in [0.15, 0.2) is 34.9 Å². The molecule has 2 heterocycles. The first-order valence-electron chi connectivity index (χ1n) is 9.46. The number of aromatic nitrogens is 1. The molecule has 1 fully saturated rings. The molecule has 1 aromatic carbocycles. The molecule has 10 heteroatoms. The number of hydrogen-bond donors (Lipinski definition) is 3. The Bertz CT molecular complexity index is 935. The van der Waals surface area contributed by atoms with Crippen LogP contribution in [-0.4, -0.2) is 51.7 Å². The highest BCUT2D eigenvalue weighted by Crippen LogP contribution is 2.40. The maximum atomic E-state index is 14.6. The highest BCUT2D eigenvalue weighted by Gasteiger charge is 2.54. The number of aliphatic hydroxyl groups is 1. The van der Waals surface area contributed by atoms with E-state index in [1.807, 2.05) is 6.92 Å². The molecule has 1 aliphatic rings. The molecule has 3 N–H and O–H groups in total. The summed E-state index contributed by atoms with van der Waals surface area (Å²) in [6, 6.07) is 6.36. The van der Waals surface area contributed by atoms with E-state index in [4.69, 9.17) is 21.5 Å². The second-order valence-electron chi connectivity index (χ2n) is 7.51. The maximum Gasteiger partial charge on any atom is 0.236 e. The van der Waals surface area contributed by atoms with Crippen LogP contribution >= 0.6 is 12.2 Å². The van der Waals surface area contributed by atoms with E-state index >= 15 is 0 Å². The monoisotopic (exact) mass is 436 g/mol. The first-order chi connectivity index (χ1) is 14.2. The second-order valence-corrected chi connectivity index (χ2v) is 7.89. The fraction of sp³-hybridized carbons (Fsp3) is 0.450. The van der Waals surface area contributed by atoms with Gasteiger partial charge in [-0.25, -0.2) is 4.39 Å². The maximum absolute atomic E-state index is 14.6. The molecule has 1 saturated heterocycles. The number of nitrogens with zero attached hydrogens (tertiary/aromatic N) is 2. The van der Waals surface area contributed by atoms with Crippen molar-refractivity contribution in [3.05, 3.63) is 47.5 Å². The van der Waals surface area contributed by atoms with Gasteiger partial charge >= 0.3 is 0 Å². The van der Waals surface area contributed by atoms with E-state index in [1.54, 1.807) is 31.2 Å². The van der Waals surface area contributed by atoms with Crippen LogP contribution in [0, 0.1) is 18.7 Å². The van der Waals surface area contributed by atoms with E-state index in [1.165, 1.54) is 25.0 Å². The van der Waals surface area contributed by atoms with Crippen LogP contribution in [0.2, 0.25) is 0 Å². The van der Waals surface area contributed by atoms with Gasteiger partial charge in [-0.1, -0.05) is 23.4 Å². The predicted molar refractivity (Wildman–Crippen MR) is 112 cm³/mol. The quantitative estimate of drug-likeness (QED) is 0.594. The molecule has 1 amide bonds. The summed E-state index contributed by atoms with van der Waals surface area (Å²) in [5.74, 6) is -1.50. The topological polar surface area (TPSA) is 99.9 Å². The van der Waals surface area contributed by atoms with Gasteiger partial charge in [0.1, 0.15) is 17.5 Å². The Morgan fingerprint density at radius 2 is 2.23 bits per heavy atom. The van der Waals surface area contributed by atoms with E-state index < -0.39 is 29.4 Å².